The summed E-state index contributed by atoms with van der Waals surface area (Å²) in [6.07, 6.45) is -3.63. The van der Waals surface area contributed by atoms with E-state index >= 15 is 0 Å². The Labute approximate surface area is 127 Å². The van der Waals surface area contributed by atoms with Crippen LogP contribution < -0.4 is 10.1 Å². The number of amides is 2. The number of piperidine rings is 1. The molecule has 7 heteroatoms. The van der Waals surface area contributed by atoms with Gasteiger partial charge in [-0.25, -0.2) is 4.79 Å². The third kappa shape index (κ3) is 4.82. The van der Waals surface area contributed by atoms with Gasteiger partial charge < -0.3 is 15.0 Å². The van der Waals surface area contributed by atoms with E-state index in [0.29, 0.717) is 30.6 Å². The van der Waals surface area contributed by atoms with Crippen LogP contribution in [0.1, 0.15) is 20.3 Å². The summed E-state index contributed by atoms with van der Waals surface area (Å²) >= 11 is 0. The maximum atomic E-state index is 12.2. The standard InChI is InChI=1S/C15H19F3N2O2/c1-10-7-11(2)9-20(8-10)14(21)19-12-3-5-13(6-4-12)22-15(16,17)18/h3-6,10-11H,7-9H2,1-2H3,(H,19,21)/t10-,11+. The van der Waals surface area contributed by atoms with Crippen LogP contribution in [0.25, 0.3) is 0 Å². The predicted molar refractivity (Wildman–Crippen MR) is 76.7 cm³/mol. The number of hydrogen-bond donors (Lipinski definition) is 1. The van der Waals surface area contributed by atoms with Crippen molar-refractivity contribution < 1.29 is 22.7 Å². The number of alkyl halides is 3. The number of nitrogens with zero attached hydrogens (tertiary/aromatic N) is 1. The van der Waals surface area contributed by atoms with Crippen LogP contribution in [0.5, 0.6) is 5.75 Å². The summed E-state index contributed by atoms with van der Waals surface area (Å²) in [5.74, 6) is 0.569. The van der Waals surface area contributed by atoms with Crippen LogP contribution in [-0.2, 0) is 0 Å². The highest BCUT2D eigenvalue weighted by atomic mass is 19.4. The number of halogens is 3. The van der Waals surface area contributed by atoms with Gasteiger partial charge in [-0.15, -0.1) is 13.2 Å². The van der Waals surface area contributed by atoms with Gasteiger partial charge >= 0.3 is 12.4 Å². The van der Waals surface area contributed by atoms with Crippen molar-refractivity contribution in [1.29, 1.82) is 0 Å². The summed E-state index contributed by atoms with van der Waals surface area (Å²) in [5.41, 5.74) is 0.436. The molecule has 1 heterocycles. The molecule has 1 N–H and O–H groups in total. The van der Waals surface area contributed by atoms with Gasteiger partial charge in [-0.05, 0) is 42.5 Å². The predicted octanol–water partition coefficient (Wildman–Crippen LogP) is 4.10. The molecule has 1 saturated heterocycles. The van der Waals surface area contributed by atoms with E-state index in [4.69, 9.17) is 0 Å². The molecule has 1 aromatic carbocycles. The fraction of sp³-hybridized carbons (Fsp3) is 0.533. The fourth-order valence-corrected chi connectivity index (χ4v) is 2.77. The second kappa shape index (κ2) is 6.46. The van der Waals surface area contributed by atoms with Crippen molar-refractivity contribution in [1.82, 2.24) is 4.90 Å². The quantitative estimate of drug-likeness (QED) is 0.892. The second-order valence-electron chi connectivity index (χ2n) is 5.85. The first-order chi connectivity index (χ1) is 10.2. The molecule has 122 valence electrons. The van der Waals surface area contributed by atoms with Gasteiger partial charge in [-0.2, -0.15) is 0 Å². The lowest BCUT2D eigenvalue weighted by molar-refractivity contribution is -0.274. The lowest BCUT2D eigenvalue weighted by Crippen LogP contribution is -2.44. The number of hydrogen-bond acceptors (Lipinski definition) is 2. The minimum Gasteiger partial charge on any atom is -0.406 e. The van der Waals surface area contributed by atoms with Gasteiger partial charge in [-0.3, -0.25) is 0 Å². The number of urea groups is 1. The Morgan fingerprint density at radius 3 is 2.23 bits per heavy atom. The summed E-state index contributed by atoms with van der Waals surface area (Å²) in [4.78, 5) is 13.9. The van der Waals surface area contributed by atoms with Crippen LogP contribution in [0.3, 0.4) is 0 Å². The number of carbonyl (C=O) groups excluding carboxylic acids is 1. The highest BCUT2D eigenvalue weighted by Gasteiger charge is 2.31. The lowest BCUT2D eigenvalue weighted by Gasteiger charge is -2.34. The number of carbonyl (C=O) groups is 1. The molecule has 1 aliphatic rings. The third-order valence-corrected chi connectivity index (χ3v) is 3.50. The number of ether oxygens (including phenoxy) is 1. The number of anilines is 1. The molecule has 1 fully saturated rings. The Balaban J connectivity index is 1.94. The lowest BCUT2D eigenvalue weighted by atomic mass is 9.92. The Morgan fingerprint density at radius 2 is 1.73 bits per heavy atom. The summed E-state index contributed by atoms with van der Waals surface area (Å²) in [5, 5.41) is 2.69. The first kappa shape index (κ1) is 16.5. The van der Waals surface area contributed by atoms with Crippen molar-refractivity contribution in [3.63, 3.8) is 0 Å². The Hall–Kier alpha value is -1.92. The summed E-state index contributed by atoms with van der Waals surface area (Å²) in [6.45, 7) is 5.56. The number of likely N-dealkylation sites (tertiary alicyclic amines) is 1. The maximum Gasteiger partial charge on any atom is 0.573 e. The van der Waals surface area contributed by atoms with Gasteiger partial charge in [0.05, 0.1) is 0 Å². The molecule has 0 saturated carbocycles. The minimum atomic E-state index is -4.72. The average molecular weight is 316 g/mol. The van der Waals surface area contributed by atoms with Gasteiger partial charge in [0.25, 0.3) is 0 Å². The van der Waals surface area contributed by atoms with Gasteiger partial charge in [0.2, 0.25) is 0 Å². The molecule has 2 atom stereocenters. The molecule has 22 heavy (non-hydrogen) atoms. The SMILES string of the molecule is C[C@@H]1C[C@H](C)CN(C(=O)Nc2ccc(OC(F)(F)F)cc2)C1. The number of rotatable bonds is 2. The summed E-state index contributed by atoms with van der Waals surface area (Å²) < 4.78 is 40.0. The van der Waals surface area contributed by atoms with Crippen molar-refractivity contribution >= 4 is 11.7 Å². The van der Waals surface area contributed by atoms with E-state index in [-0.39, 0.29) is 11.8 Å². The van der Waals surface area contributed by atoms with E-state index in [9.17, 15) is 18.0 Å². The second-order valence-corrected chi connectivity index (χ2v) is 5.85. The zero-order valence-corrected chi connectivity index (χ0v) is 12.5. The zero-order chi connectivity index (χ0) is 16.3. The van der Waals surface area contributed by atoms with Crippen LogP contribution in [-0.4, -0.2) is 30.4 Å². The highest BCUT2D eigenvalue weighted by molar-refractivity contribution is 5.89. The van der Waals surface area contributed by atoms with Crippen LogP contribution in [0.4, 0.5) is 23.7 Å². The molecule has 1 aliphatic heterocycles. The van der Waals surface area contributed by atoms with E-state index in [0.717, 1.165) is 6.42 Å². The van der Waals surface area contributed by atoms with E-state index in [1.807, 2.05) is 0 Å². The molecular formula is C15H19F3N2O2. The zero-order valence-electron chi connectivity index (χ0n) is 12.5. The molecule has 0 aromatic heterocycles. The Morgan fingerprint density at radius 1 is 1.18 bits per heavy atom. The van der Waals surface area contributed by atoms with E-state index in [1.54, 1.807) is 4.90 Å². The average Bonchev–Trinajstić information content (AvgIpc) is 2.38. The first-order valence-corrected chi connectivity index (χ1v) is 7.14. The van der Waals surface area contributed by atoms with Crippen LogP contribution in [0, 0.1) is 11.8 Å². The molecule has 1 aromatic rings. The topological polar surface area (TPSA) is 41.6 Å². The largest absolute Gasteiger partial charge is 0.573 e. The monoisotopic (exact) mass is 316 g/mol. The minimum absolute atomic E-state index is 0.233. The molecule has 0 spiro atoms. The molecule has 0 aliphatic carbocycles. The molecule has 2 rings (SSSR count). The summed E-state index contributed by atoms with van der Waals surface area (Å²) in [6, 6.07) is 4.88. The molecule has 0 unspecified atom stereocenters. The number of benzene rings is 1. The van der Waals surface area contributed by atoms with Gasteiger partial charge in [0, 0.05) is 18.8 Å². The molecule has 0 radical (unpaired) electrons. The van der Waals surface area contributed by atoms with Gasteiger partial charge in [0.15, 0.2) is 0 Å². The van der Waals surface area contributed by atoms with Crippen molar-refractivity contribution in [2.75, 3.05) is 18.4 Å². The number of nitrogens with one attached hydrogen (secondary N) is 1. The fourth-order valence-electron chi connectivity index (χ4n) is 2.77. The van der Waals surface area contributed by atoms with Crippen molar-refractivity contribution in [3.05, 3.63) is 24.3 Å². The van der Waals surface area contributed by atoms with Crippen LogP contribution in [0.2, 0.25) is 0 Å². The molecule has 2 amide bonds. The first-order valence-electron chi connectivity index (χ1n) is 7.14. The molecule has 0 bridgehead atoms. The van der Waals surface area contributed by atoms with Crippen LogP contribution >= 0.6 is 0 Å². The van der Waals surface area contributed by atoms with E-state index < -0.39 is 6.36 Å². The van der Waals surface area contributed by atoms with E-state index in [1.165, 1.54) is 24.3 Å². The van der Waals surface area contributed by atoms with Crippen molar-refractivity contribution in [3.8, 4) is 5.75 Å². The normalized spacial score (nSPS) is 22.3. The van der Waals surface area contributed by atoms with Gasteiger partial charge in [0.1, 0.15) is 5.75 Å². The molecule has 4 nitrogen and oxygen atoms in total. The van der Waals surface area contributed by atoms with Crippen LogP contribution in [0.15, 0.2) is 24.3 Å². The summed E-state index contributed by atoms with van der Waals surface area (Å²) in [7, 11) is 0. The highest BCUT2D eigenvalue weighted by Crippen LogP contribution is 2.25. The maximum absolute atomic E-state index is 12.2. The Kier molecular flexibility index (Phi) is 4.83. The van der Waals surface area contributed by atoms with E-state index in [2.05, 4.69) is 23.9 Å². The molecular weight excluding hydrogens is 297 g/mol. The third-order valence-electron chi connectivity index (χ3n) is 3.50. The van der Waals surface area contributed by atoms with Crippen molar-refractivity contribution in [2.45, 2.75) is 26.6 Å². The van der Waals surface area contributed by atoms with Crippen molar-refractivity contribution in [2.24, 2.45) is 11.8 Å². The van der Waals surface area contributed by atoms with Gasteiger partial charge in [-0.1, -0.05) is 13.8 Å². The smallest absolute Gasteiger partial charge is 0.406 e. The Bertz CT molecular complexity index is 507.